The van der Waals surface area contributed by atoms with Gasteiger partial charge in [0.1, 0.15) is 17.9 Å². The monoisotopic (exact) mass is 352 g/mol. The number of allylic oxidation sites excluding steroid dienone is 4. The molecule has 3 nitrogen and oxygen atoms in total. The Balaban J connectivity index is 1.78. The normalized spacial score (nSPS) is 17.9. The van der Waals surface area contributed by atoms with Crippen molar-refractivity contribution in [3.8, 4) is 5.75 Å². The molecule has 0 heterocycles. The Morgan fingerprint density at radius 3 is 2.91 bits per heavy atom. The summed E-state index contributed by atoms with van der Waals surface area (Å²) in [5.74, 6) is 1.68. The molecule has 1 aromatic rings. The molecular weight excluding hydrogens is 332 g/mol. The van der Waals surface area contributed by atoms with E-state index in [1.807, 2.05) is 18.2 Å². The fourth-order valence-electron chi connectivity index (χ4n) is 2.29. The van der Waals surface area contributed by atoms with Crippen molar-refractivity contribution in [3.05, 3.63) is 54.1 Å². The largest absolute Gasteiger partial charge is 0.491 e. The molecule has 0 aliphatic heterocycles. The van der Waals surface area contributed by atoms with Gasteiger partial charge in [0.05, 0.1) is 6.61 Å². The summed E-state index contributed by atoms with van der Waals surface area (Å²) in [4.78, 5) is 10.9. The molecule has 1 aliphatic carbocycles. The van der Waals surface area contributed by atoms with Crippen molar-refractivity contribution >= 4 is 28.5 Å². The van der Waals surface area contributed by atoms with Gasteiger partial charge >= 0.3 is 0 Å². The lowest BCUT2D eigenvalue weighted by molar-refractivity contribution is -0.109. The van der Waals surface area contributed by atoms with Crippen LogP contribution >= 0.6 is 23.4 Å². The molecule has 2 atom stereocenters. The van der Waals surface area contributed by atoms with Crippen LogP contribution in [-0.2, 0) is 9.53 Å². The lowest BCUT2D eigenvalue weighted by Crippen LogP contribution is -2.15. The minimum atomic E-state index is -0.478. The maximum absolute atomic E-state index is 10.9. The highest BCUT2D eigenvalue weighted by atomic mass is 35.5. The van der Waals surface area contributed by atoms with E-state index in [-0.39, 0.29) is 5.12 Å². The van der Waals surface area contributed by atoms with E-state index in [9.17, 15) is 4.79 Å². The van der Waals surface area contributed by atoms with E-state index < -0.39 is 5.56 Å². The average molecular weight is 353 g/mol. The number of ether oxygens (including phenoxy) is 2. The number of benzene rings is 1. The zero-order chi connectivity index (χ0) is 16.5. The van der Waals surface area contributed by atoms with Crippen LogP contribution in [-0.4, -0.2) is 29.6 Å². The first-order valence-corrected chi connectivity index (χ1v) is 9.03. The summed E-state index contributed by atoms with van der Waals surface area (Å²) in [5, 5.41) is 0.0408. The van der Waals surface area contributed by atoms with Crippen LogP contribution in [0.4, 0.5) is 0 Å². The number of halogens is 1. The fourth-order valence-corrected chi connectivity index (χ4v) is 3.03. The molecule has 0 amide bonds. The summed E-state index contributed by atoms with van der Waals surface area (Å²) >= 11 is 7.16. The van der Waals surface area contributed by atoms with Gasteiger partial charge in [-0.05, 0) is 12.5 Å². The van der Waals surface area contributed by atoms with Crippen LogP contribution in [0.25, 0.3) is 0 Å². The van der Waals surface area contributed by atoms with E-state index in [1.54, 1.807) is 0 Å². The number of carbonyl (C=O) groups is 1. The predicted molar refractivity (Wildman–Crippen MR) is 96.3 cm³/mol. The molecule has 1 aliphatic rings. The highest BCUT2D eigenvalue weighted by molar-refractivity contribution is 8.13. The van der Waals surface area contributed by atoms with Gasteiger partial charge in [0.15, 0.2) is 5.12 Å². The Morgan fingerprint density at radius 1 is 1.35 bits per heavy atom. The first-order chi connectivity index (χ1) is 11.2. The van der Waals surface area contributed by atoms with Crippen molar-refractivity contribution in [1.82, 2.24) is 0 Å². The molecule has 5 heteroatoms. The van der Waals surface area contributed by atoms with Crippen LogP contribution in [0, 0.1) is 0 Å². The fraction of sp³-hybridized carbons (Fsp3) is 0.389. The summed E-state index contributed by atoms with van der Waals surface area (Å²) < 4.78 is 11.3. The van der Waals surface area contributed by atoms with E-state index >= 15 is 0 Å². The van der Waals surface area contributed by atoms with Crippen molar-refractivity contribution in [1.29, 1.82) is 0 Å². The topological polar surface area (TPSA) is 35.5 Å². The van der Waals surface area contributed by atoms with Gasteiger partial charge in [-0.15, -0.1) is 0 Å². The predicted octanol–water partition coefficient (Wildman–Crippen LogP) is 4.53. The molecular formula is C18H21ClO3S. The SMILES string of the molecule is CC(=O)SCC(Cl)OCCOc1ccccc1C1C=CC=CC1. The third kappa shape index (κ3) is 6.42. The standard InChI is InChI=1S/C18H21ClO3S/c1-14(20)23-13-18(19)22-12-11-21-17-10-6-5-9-16(17)15-7-3-2-4-8-15/h2-7,9-10,15,18H,8,11-13H2,1H3. The minimum Gasteiger partial charge on any atom is -0.491 e. The molecule has 124 valence electrons. The highest BCUT2D eigenvalue weighted by Crippen LogP contribution is 2.31. The molecule has 0 bridgehead atoms. The Morgan fingerprint density at radius 2 is 2.17 bits per heavy atom. The zero-order valence-corrected chi connectivity index (χ0v) is 14.7. The van der Waals surface area contributed by atoms with Crippen molar-refractivity contribution in [2.24, 2.45) is 0 Å². The van der Waals surface area contributed by atoms with Crippen LogP contribution in [0.15, 0.2) is 48.6 Å². The summed E-state index contributed by atoms with van der Waals surface area (Å²) in [6.45, 7) is 2.34. The maximum Gasteiger partial charge on any atom is 0.185 e. The van der Waals surface area contributed by atoms with Gasteiger partial charge in [0, 0.05) is 24.2 Å². The number of thioether (sulfide) groups is 1. The number of rotatable bonds is 8. The Kier molecular flexibility index (Phi) is 7.72. The molecule has 0 aromatic heterocycles. The van der Waals surface area contributed by atoms with Crippen LogP contribution < -0.4 is 4.74 Å². The molecule has 1 aromatic carbocycles. The number of alkyl halides is 1. The van der Waals surface area contributed by atoms with Crippen LogP contribution in [0.3, 0.4) is 0 Å². The lowest BCUT2D eigenvalue weighted by Gasteiger charge is -2.18. The van der Waals surface area contributed by atoms with Crippen molar-refractivity contribution in [2.75, 3.05) is 19.0 Å². The van der Waals surface area contributed by atoms with E-state index in [0.29, 0.717) is 24.9 Å². The molecule has 0 radical (unpaired) electrons. The lowest BCUT2D eigenvalue weighted by atomic mass is 9.92. The average Bonchev–Trinajstić information content (AvgIpc) is 2.58. The van der Waals surface area contributed by atoms with Crippen LogP contribution in [0.2, 0.25) is 0 Å². The van der Waals surface area contributed by atoms with E-state index in [2.05, 4.69) is 30.4 Å². The first kappa shape index (κ1) is 18.1. The second kappa shape index (κ2) is 9.81. The van der Waals surface area contributed by atoms with Gasteiger partial charge in [0.2, 0.25) is 0 Å². The molecule has 2 unspecified atom stereocenters. The van der Waals surface area contributed by atoms with Crippen molar-refractivity contribution < 1.29 is 14.3 Å². The Bertz CT molecular complexity index is 571. The molecule has 0 N–H and O–H groups in total. The van der Waals surface area contributed by atoms with Gasteiger partial charge in [0.25, 0.3) is 0 Å². The maximum atomic E-state index is 10.9. The van der Waals surface area contributed by atoms with Gasteiger partial charge in [-0.25, -0.2) is 0 Å². The summed E-state index contributed by atoms with van der Waals surface area (Å²) in [5.41, 5.74) is 0.705. The molecule has 0 fully saturated rings. The third-order valence-corrected chi connectivity index (χ3v) is 4.70. The molecule has 0 spiro atoms. The number of para-hydroxylation sites is 1. The van der Waals surface area contributed by atoms with Gasteiger partial charge in [-0.3, -0.25) is 4.79 Å². The summed E-state index contributed by atoms with van der Waals surface area (Å²) in [6.07, 6.45) is 9.47. The minimum absolute atomic E-state index is 0.0408. The number of hydrogen-bond acceptors (Lipinski definition) is 4. The molecule has 0 saturated heterocycles. The van der Waals surface area contributed by atoms with Gasteiger partial charge < -0.3 is 9.47 Å². The van der Waals surface area contributed by atoms with Gasteiger partial charge in [-0.1, -0.05) is 65.9 Å². The Labute approximate surface area is 146 Å². The number of carbonyl (C=O) groups excluding carboxylic acids is 1. The highest BCUT2D eigenvalue weighted by Gasteiger charge is 2.13. The zero-order valence-electron chi connectivity index (χ0n) is 13.1. The summed E-state index contributed by atoms with van der Waals surface area (Å²) in [7, 11) is 0. The van der Waals surface area contributed by atoms with E-state index in [1.165, 1.54) is 12.5 Å². The van der Waals surface area contributed by atoms with Crippen molar-refractivity contribution in [2.45, 2.75) is 24.8 Å². The second-order valence-corrected chi connectivity index (χ2v) is 6.81. The summed E-state index contributed by atoms with van der Waals surface area (Å²) in [6, 6.07) is 8.07. The quantitative estimate of drug-likeness (QED) is 0.508. The first-order valence-electron chi connectivity index (χ1n) is 7.61. The van der Waals surface area contributed by atoms with E-state index in [0.717, 1.165) is 23.9 Å². The number of hydrogen-bond donors (Lipinski definition) is 0. The van der Waals surface area contributed by atoms with Crippen LogP contribution in [0.1, 0.15) is 24.8 Å². The smallest absolute Gasteiger partial charge is 0.185 e. The molecule has 2 rings (SSSR count). The second-order valence-electron chi connectivity index (χ2n) is 5.12. The van der Waals surface area contributed by atoms with E-state index in [4.69, 9.17) is 21.1 Å². The van der Waals surface area contributed by atoms with Crippen molar-refractivity contribution in [3.63, 3.8) is 0 Å². The Hall–Kier alpha value is -1.23. The van der Waals surface area contributed by atoms with Gasteiger partial charge in [-0.2, -0.15) is 0 Å². The molecule has 23 heavy (non-hydrogen) atoms. The third-order valence-electron chi connectivity index (χ3n) is 3.36. The van der Waals surface area contributed by atoms with Crippen LogP contribution in [0.5, 0.6) is 5.75 Å². The molecule has 0 saturated carbocycles.